The lowest BCUT2D eigenvalue weighted by atomic mass is 10.2. The molecule has 2 aromatic rings. The summed E-state index contributed by atoms with van der Waals surface area (Å²) in [6.45, 7) is 4.10. The van der Waals surface area contributed by atoms with Crippen molar-refractivity contribution in [2.75, 3.05) is 30.3 Å². The van der Waals surface area contributed by atoms with Crippen LogP contribution in [0.15, 0.2) is 60.7 Å². The molecular weight excluding hydrogens is 314 g/mol. The van der Waals surface area contributed by atoms with Crippen LogP contribution in [0.1, 0.15) is 19.8 Å². The van der Waals surface area contributed by atoms with Gasteiger partial charge in [0.25, 0.3) is 0 Å². The van der Waals surface area contributed by atoms with Crippen LogP contribution in [-0.2, 0) is 9.59 Å². The smallest absolute Gasteiger partial charge is 0.225 e. The molecule has 0 spiro atoms. The van der Waals surface area contributed by atoms with Crippen molar-refractivity contribution in [3.8, 4) is 0 Å². The summed E-state index contributed by atoms with van der Waals surface area (Å²) in [6, 6.07) is 18.8. The molecule has 5 nitrogen and oxygen atoms in total. The van der Waals surface area contributed by atoms with Crippen molar-refractivity contribution in [2.45, 2.75) is 19.8 Å². The minimum atomic E-state index is -0.0154. The maximum atomic E-state index is 12.0. The maximum Gasteiger partial charge on any atom is 0.225 e. The number of amides is 2. The van der Waals surface area contributed by atoms with E-state index in [9.17, 15) is 9.59 Å². The summed E-state index contributed by atoms with van der Waals surface area (Å²) in [7, 11) is 0. The Labute approximate surface area is 149 Å². The molecule has 0 unspecified atom stereocenters. The third kappa shape index (κ3) is 7.18. The van der Waals surface area contributed by atoms with Crippen LogP contribution in [0.3, 0.4) is 0 Å². The first kappa shape index (κ1) is 18.7. The summed E-state index contributed by atoms with van der Waals surface area (Å²) in [6.07, 6.45) is 0.812. The van der Waals surface area contributed by atoms with Gasteiger partial charge in [-0.2, -0.15) is 0 Å². The summed E-state index contributed by atoms with van der Waals surface area (Å²) >= 11 is 0. The van der Waals surface area contributed by atoms with E-state index in [1.807, 2.05) is 67.6 Å². The summed E-state index contributed by atoms with van der Waals surface area (Å²) in [5.41, 5.74) is 1.61. The second-order valence-electron chi connectivity index (χ2n) is 5.76. The van der Waals surface area contributed by atoms with Crippen molar-refractivity contribution in [2.24, 2.45) is 0 Å². The van der Waals surface area contributed by atoms with Crippen LogP contribution < -0.4 is 10.6 Å². The average Bonchev–Trinajstić information content (AvgIpc) is 2.63. The Morgan fingerprint density at radius 1 is 0.760 bits per heavy atom. The third-order valence-electron chi connectivity index (χ3n) is 3.87. The molecule has 0 aromatic heterocycles. The average molecular weight is 339 g/mol. The maximum absolute atomic E-state index is 12.0. The number of carbonyl (C=O) groups excluding carboxylic acids is 2. The number of carbonyl (C=O) groups is 2. The summed E-state index contributed by atoms with van der Waals surface area (Å²) in [5.74, 6) is -0.0308. The topological polar surface area (TPSA) is 61.4 Å². The summed E-state index contributed by atoms with van der Waals surface area (Å²) in [4.78, 5) is 26.1. The van der Waals surface area contributed by atoms with Crippen molar-refractivity contribution in [1.29, 1.82) is 0 Å². The van der Waals surface area contributed by atoms with Gasteiger partial charge < -0.3 is 15.5 Å². The normalized spacial score (nSPS) is 10.5. The number of rotatable bonds is 9. The Kier molecular flexibility index (Phi) is 7.66. The lowest BCUT2D eigenvalue weighted by Gasteiger charge is -2.19. The highest BCUT2D eigenvalue weighted by molar-refractivity contribution is 5.91. The van der Waals surface area contributed by atoms with E-state index in [2.05, 4.69) is 15.5 Å². The van der Waals surface area contributed by atoms with Crippen LogP contribution in [0, 0.1) is 0 Å². The number of para-hydroxylation sites is 2. The van der Waals surface area contributed by atoms with Gasteiger partial charge in [0.05, 0.1) is 0 Å². The lowest BCUT2D eigenvalue weighted by molar-refractivity contribution is -0.116. The monoisotopic (exact) mass is 339 g/mol. The summed E-state index contributed by atoms with van der Waals surface area (Å²) in [5, 5.41) is 5.75. The Morgan fingerprint density at radius 3 is 1.52 bits per heavy atom. The van der Waals surface area contributed by atoms with E-state index in [1.54, 1.807) is 0 Å². The highest BCUT2D eigenvalue weighted by Gasteiger charge is 2.09. The minimum absolute atomic E-state index is 0.0154. The van der Waals surface area contributed by atoms with Crippen molar-refractivity contribution in [3.63, 3.8) is 0 Å². The highest BCUT2D eigenvalue weighted by Crippen LogP contribution is 2.07. The van der Waals surface area contributed by atoms with Gasteiger partial charge in [-0.05, 0) is 30.8 Å². The largest absolute Gasteiger partial charge is 0.326 e. The van der Waals surface area contributed by atoms with Crippen LogP contribution >= 0.6 is 0 Å². The molecule has 2 N–H and O–H groups in total. The molecule has 2 aromatic carbocycles. The summed E-state index contributed by atoms with van der Waals surface area (Å²) < 4.78 is 0. The number of nitrogens with zero attached hydrogens (tertiary/aromatic N) is 1. The van der Waals surface area contributed by atoms with E-state index in [0.29, 0.717) is 25.9 Å². The van der Waals surface area contributed by atoms with Gasteiger partial charge >= 0.3 is 0 Å². The Hall–Kier alpha value is -2.66. The van der Waals surface area contributed by atoms with Gasteiger partial charge in [0.1, 0.15) is 0 Å². The quantitative estimate of drug-likeness (QED) is 0.736. The molecular formula is C20H25N3O2. The Balaban J connectivity index is 1.69. The fourth-order valence-corrected chi connectivity index (χ4v) is 2.44. The zero-order chi connectivity index (χ0) is 17.9. The molecule has 0 fully saturated rings. The van der Waals surface area contributed by atoms with Crippen LogP contribution in [0.4, 0.5) is 11.4 Å². The van der Waals surface area contributed by atoms with Gasteiger partial charge in [-0.25, -0.2) is 0 Å². The molecule has 0 bridgehead atoms. The molecule has 132 valence electrons. The van der Waals surface area contributed by atoms with Gasteiger partial charge in [-0.15, -0.1) is 0 Å². The van der Waals surface area contributed by atoms with E-state index >= 15 is 0 Å². The molecule has 0 saturated heterocycles. The molecule has 0 aliphatic rings. The lowest BCUT2D eigenvalue weighted by Crippen LogP contribution is -2.31. The number of hydrogen-bond donors (Lipinski definition) is 2. The van der Waals surface area contributed by atoms with Crippen molar-refractivity contribution < 1.29 is 9.59 Å². The van der Waals surface area contributed by atoms with E-state index in [1.165, 1.54) is 0 Å². The van der Waals surface area contributed by atoms with Gasteiger partial charge in [-0.3, -0.25) is 9.59 Å². The number of hydrogen-bond acceptors (Lipinski definition) is 3. The van der Waals surface area contributed by atoms with E-state index in [-0.39, 0.29) is 11.8 Å². The molecule has 2 amide bonds. The van der Waals surface area contributed by atoms with Gasteiger partial charge in [0, 0.05) is 37.3 Å². The molecule has 0 atom stereocenters. The van der Waals surface area contributed by atoms with E-state index in [0.717, 1.165) is 17.9 Å². The van der Waals surface area contributed by atoms with E-state index < -0.39 is 0 Å². The van der Waals surface area contributed by atoms with Crippen LogP contribution in [-0.4, -0.2) is 36.3 Å². The zero-order valence-electron chi connectivity index (χ0n) is 14.6. The first-order valence-electron chi connectivity index (χ1n) is 8.59. The predicted octanol–water partition coefficient (Wildman–Crippen LogP) is 3.37. The second-order valence-corrected chi connectivity index (χ2v) is 5.76. The fraction of sp³-hybridized carbons (Fsp3) is 0.300. The third-order valence-corrected chi connectivity index (χ3v) is 3.87. The molecule has 0 aliphatic heterocycles. The van der Waals surface area contributed by atoms with Crippen molar-refractivity contribution in [1.82, 2.24) is 4.90 Å². The van der Waals surface area contributed by atoms with Crippen LogP contribution in [0.2, 0.25) is 0 Å². The number of anilines is 2. The van der Waals surface area contributed by atoms with Gasteiger partial charge in [0.15, 0.2) is 0 Å². The SMILES string of the molecule is CCN(CCC(=O)Nc1ccccc1)CCC(=O)Nc1ccccc1. The molecule has 0 heterocycles. The van der Waals surface area contributed by atoms with Gasteiger partial charge in [-0.1, -0.05) is 43.3 Å². The molecule has 25 heavy (non-hydrogen) atoms. The van der Waals surface area contributed by atoms with Crippen LogP contribution in [0.5, 0.6) is 0 Å². The highest BCUT2D eigenvalue weighted by atomic mass is 16.2. The number of benzene rings is 2. The first-order valence-corrected chi connectivity index (χ1v) is 8.59. The molecule has 0 aliphatic carbocycles. The molecule has 2 rings (SSSR count). The van der Waals surface area contributed by atoms with Crippen molar-refractivity contribution >= 4 is 23.2 Å². The standard InChI is InChI=1S/C20H25N3O2/c1-2-23(15-13-19(24)21-17-9-5-3-6-10-17)16-14-20(25)22-18-11-7-4-8-12-18/h3-12H,2,13-16H2,1H3,(H,21,24)(H,22,25). The molecule has 0 radical (unpaired) electrons. The first-order chi connectivity index (χ1) is 12.2. The van der Waals surface area contributed by atoms with Gasteiger partial charge in [0.2, 0.25) is 11.8 Å². The number of nitrogens with one attached hydrogen (secondary N) is 2. The zero-order valence-corrected chi connectivity index (χ0v) is 14.6. The molecule has 5 heteroatoms. The van der Waals surface area contributed by atoms with Crippen LogP contribution in [0.25, 0.3) is 0 Å². The second kappa shape index (κ2) is 10.3. The Morgan fingerprint density at radius 2 is 1.16 bits per heavy atom. The molecule has 0 saturated carbocycles. The minimum Gasteiger partial charge on any atom is -0.326 e. The van der Waals surface area contributed by atoms with E-state index in [4.69, 9.17) is 0 Å². The predicted molar refractivity (Wildman–Crippen MR) is 101 cm³/mol. The van der Waals surface area contributed by atoms with Crippen molar-refractivity contribution in [3.05, 3.63) is 60.7 Å². The Bertz CT molecular complexity index is 602. The fourth-order valence-electron chi connectivity index (χ4n) is 2.44.